The fourth-order valence-electron chi connectivity index (χ4n) is 6.40. The molecule has 357 valence electrons. The third-order valence-electron chi connectivity index (χ3n) is 9.67. The van der Waals surface area contributed by atoms with E-state index in [2.05, 4.69) is 38.5 Å². The number of alkyl halides is 12. The number of rotatable bonds is 7. The Balaban J connectivity index is 0.000000220. The Morgan fingerprint density at radius 2 is 1.10 bits per heavy atom. The van der Waals surface area contributed by atoms with E-state index in [4.69, 9.17) is 9.47 Å². The molecule has 10 nitrogen and oxygen atoms in total. The average Bonchev–Trinajstić information content (AvgIpc) is 3.80. The average molecular weight is 1120 g/mol. The van der Waals surface area contributed by atoms with E-state index in [0.29, 0.717) is 22.9 Å². The monoisotopic (exact) mass is 1120 g/mol. The number of fused-ring (bicyclic) bond motifs is 2. The van der Waals surface area contributed by atoms with E-state index in [-0.39, 0.29) is 60.6 Å². The Morgan fingerprint density at radius 1 is 0.627 bits per heavy atom. The van der Waals surface area contributed by atoms with Gasteiger partial charge in [-0.3, -0.25) is 0 Å². The molecular weight excluding hydrogens is 1090 g/mol. The summed E-state index contributed by atoms with van der Waals surface area (Å²) < 4.78 is 166. The van der Waals surface area contributed by atoms with Gasteiger partial charge in [0.25, 0.3) is 0 Å². The maximum absolute atomic E-state index is 13.2. The van der Waals surface area contributed by atoms with E-state index in [0.717, 1.165) is 72.1 Å². The number of benzene rings is 3. The molecule has 6 aromatic rings. The fourth-order valence-corrected chi connectivity index (χ4v) is 6.40. The van der Waals surface area contributed by atoms with E-state index in [1.807, 2.05) is 19.9 Å². The minimum absolute atomic E-state index is 0. The molecule has 2 aliphatic rings. The van der Waals surface area contributed by atoms with Crippen LogP contribution in [0.15, 0.2) is 79.1 Å². The molecule has 0 bridgehead atoms. The molecule has 67 heavy (non-hydrogen) atoms. The van der Waals surface area contributed by atoms with Gasteiger partial charge in [0.2, 0.25) is 11.8 Å². The maximum Gasteiger partial charge on any atom is 0.417 e. The van der Waals surface area contributed by atoms with Crippen molar-refractivity contribution in [3.8, 4) is 23.3 Å². The van der Waals surface area contributed by atoms with Crippen molar-refractivity contribution in [1.82, 2.24) is 15.0 Å². The van der Waals surface area contributed by atoms with Crippen LogP contribution in [0.25, 0.3) is 0 Å². The molecule has 1 N–H and O–H groups in total. The zero-order valence-electron chi connectivity index (χ0n) is 35.0. The fraction of sp³-hybridized carbons (Fsp3) is 0.205. The predicted molar refractivity (Wildman–Crippen MR) is 217 cm³/mol. The van der Waals surface area contributed by atoms with Gasteiger partial charge in [0.1, 0.15) is 11.6 Å². The molecule has 2 aliphatic heterocycles. The van der Waals surface area contributed by atoms with Gasteiger partial charge in [0.05, 0.1) is 16.8 Å². The second-order valence-corrected chi connectivity index (χ2v) is 14.7. The Kier molecular flexibility index (Phi) is 13.9. The van der Waals surface area contributed by atoms with Crippen LogP contribution in [-0.2, 0) is 44.8 Å². The van der Waals surface area contributed by atoms with Crippen LogP contribution in [0.3, 0.4) is 0 Å². The summed E-state index contributed by atoms with van der Waals surface area (Å²) in [6.45, 7) is 6.73. The first-order valence-electron chi connectivity index (χ1n) is 18.9. The van der Waals surface area contributed by atoms with Gasteiger partial charge in [0.15, 0.2) is 0 Å². The van der Waals surface area contributed by atoms with Crippen molar-refractivity contribution in [1.29, 1.82) is 0 Å². The van der Waals surface area contributed by atoms with E-state index in [9.17, 15) is 52.7 Å². The first kappa shape index (κ1) is 49.9. The van der Waals surface area contributed by atoms with Crippen molar-refractivity contribution in [2.24, 2.45) is 0 Å². The minimum atomic E-state index is -4.53. The molecule has 1 radical (unpaired) electrons. The summed E-state index contributed by atoms with van der Waals surface area (Å²) in [5.74, 6) is 0.523. The van der Waals surface area contributed by atoms with Crippen molar-refractivity contribution in [3.05, 3.63) is 144 Å². The van der Waals surface area contributed by atoms with Gasteiger partial charge < -0.3 is 34.4 Å². The zero-order valence-corrected chi connectivity index (χ0v) is 37.4. The Hall–Kier alpha value is -6.48. The molecule has 5 heterocycles. The molecule has 0 unspecified atom stereocenters. The third kappa shape index (κ3) is 11.2. The molecule has 0 aliphatic carbocycles. The second-order valence-electron chi connectivity index (χ2n) is 14.7. The molecular formula is C44H31F12IrN8O2-5. The number of halogens is 12. The number of aryl methyl sites for hydroxylation is 2. The number of nitrogens with one attached hydrogen (secondary N) is 1. The summed E-state index contributed by atoms with van der Waals surface area (Å²) in [7, 11) is 5.05. The molecule has 3 aromatic heterocycles. The maximum atomic E-state index is 13.2. The van der Waals surface area contributed by atoms with Crippen LogP contribution in [0.4, 0.5) is 92.8 Å². The zero-order chi connectivity index (χ0) is 48.1. The largest absolute Gasteiger partial charge is 0.513 e. The van der Waals surface area contributed by atoms with Gasteiger partial charge >= 0.3 is 24.7 Å². The van der Waals surface area contributed by atoms with Gasteiger partial charge in [-0.15, -0.1) is 41.5 Å². The van der Waals surface area contributed by atoms with Crippen LogP contribution < -0.4 is 34.4 Å². The van der Waals surface area contributed by atoms with Gasteiger partial charge in [-0.05, 0) is 19.2 Å². The van der Waals surface area contributed by atoms with E-state index >= 15 is 0 Å². The molecule has 0 fully saturated rings. The molecule has 3 aromatic carbocycles. The van der Waals surface area contributed by atoms with Crippen LogP contribution in [0.1, 0.15) is 33.4 Å². The second kappa shape index (κ2) is 18.7. The predicted octanol–water partition coefficient (Wildman–Crippen LogP) is 12.7. The van der Waals surface area contributed by atoms with E-state index < -0.39 is 47.0 Å². The summed E-state index contributed by atoms with van der Waals surface area (Å²) in [5.41, 5.74) is 0.127. The third-order valence-corrected chi connectivity index (χ3v) is 9.67. The number of aromatic nitrogens is 3. The Bertz CT molecular complexity index is 2650. The van der Waals surface area contributed by atoms with Crippen molar-refractivity contribution in [3.63, 3.8) is 0 Å². The van der Waals surface area contributed by atoms with Crippen molar-refractivity contribution >= 4 is 40.1 Å². The van der Waals surface area contributed by atoms with Crippen LogP contribution in [0, 0.1) is 45.4 Å². The number of anilines is 7. The van der Waals surface area contributed by atoms with Crippen LogP contribution in [0.2, 0.25) is 0 Å². The van der Waals surface area contributed by atoms with Gasteiger partial charge in [0, 0.05) is 81.6 Å². The molecule has 0 spiro atoms. The van der Waals surface area contributed by atoms with Gasteiger partial charge in [-0.25, -0.2) is 9.97 Å². The van der Waals surface area contributed by atoms with Crippen LogP contribution in [0.5, 0.6) is 23.3 Å². The van der Waals surface area contributed by atoms with Crippen LogP contribution in [-0.4, -0.2) is 36.1 Å². The normalized spacial score (nSPS) is 13.5. The molecule has 0 atom stereocenters. The standard InChI is InChI=1S/C23H17F6N6.C21H14F6N2O2.Ir/c1-12-4-13(2)18(35-11-33(3)19-6-15(23(27,28)29)9-31-21(19)35)7-17(12)34-10-32-16-5-14(22(24,25)26)8-30-20(16)34;1-29(2)15-11-18(30-16-7-3-13(4-8-16)20(22,23)24)28-19(12-15)31-17-9-5-14(6-10-17)21(25,26)27;/h4-6,8-11,32H,1-3H3;3-7,9,11-12H,1-2H3;/q-3;-2;. The Labute approximate surface area is 388 Å². The summed E-state index contributed by atoms with van der Waals surface area (Å²) >= 11 is 0. The van der Waals surface area contributed by atoms with Crippen molar-refractivity contribution in [2.75, 3.05) is 46.1 Å². The smallest absolute Gasteiger partial charge is 0.417 e. The topological polar surface area (TPSA) is 82.1 Å². The molecule has 8 rings (SSSR count). The number of nitrogens with zero attached hydrogens (tertiary/aromatic N) is 7. The SMILES string of the molecule is CN(C)c1cc(Oc2[c-]cc(C(F)(F)F)cc2)nc(Oc2[c-]cc(C(F)(F)F)cc2)c1.Cc1cc(C)c(N2[CH-]N(C)c3cc(C(F)(F)F)cnc32)[c-]c1N1[CH-]Nc2cc(C(F)(F)F)cnc21.[Ir]. The van der Waals surface area contributed by atoms with E-state index in [1.54, 1.807) is 42.5 Å². The first-order valence-corrected chi connectivity index (χ1v) is 18.9. The molecule has 0 amide bonds. The van der Waals surface area contributed by atoms with Gasteiger partial charge in [-0.2, -0.15) is 101 Å². The summed E-state index contributed by atoms with van der Waals surface area (Å²) in [6.07, 6.45) is -16.5. The van der Waals surface area contributed by atoms with E-state index in [1.165, 1.54) is 23.7 Å². The van der Waals surface area contributed by atoms with Gasteiger partial charge in [-0.1, -0.05) is 36.3 Å². The molecule has 23 heteroatoms. The van der Waals surface area contributed by atoms with Crippen molar-refractivity contribution < 1.29 is 82.3 Å². The minimum Gasteiger partial charge on any atom is -0.513 e. The molecule has 0 saturated heterocycles. The summed E-state index contributed by atoms with van der Waals surface area (Å²) in [4.78, 5) is 18.6. The quantitative estimate of drug-likeness (QED) is 0.123. The number of hydrogen-bond acceptors (Lipinski definition) is 10. The van der Waals surface area contributed by atoms with Crippen LogP contribution >= 0.6 is 0 Å². The summed E-state index contributed by atoms with van der Waals surface area (Å²) in [5, 5.41) is 2.80. The van der Waals surface area contributed by atoms with Crippen molar-refractivity contribution in [2.45, 2.75) is 38.6 Å². The summed E-state index contributed by atoms with van der Waals surface area (Å²) in [6, 6.07) is 20.3. The molecule has 0 saturated carbocycles. The number of pyridine rings is 3. The number of ether oxygens (including phenoxy) is 2. The first-order chi connectivity index (χ1) is 30.8. The Morgan fingerprint density at radius 3 is 1.57 bits per heavy atom. The number of hydrogen-bond donors (Lipinski definition) is 1.